The Labute approximate surface area is 115 Å². The molecule has 1 aliphatic carbocycles. The number of rotatable bonds is 5. The van der Waals surface area contributed by atoms with Gasteiger partial charge >= 0.3 is 0 Å². The zero-order valence-corrected chi connectivity index (χ0v) is 12.3. The Kier molecular flexibility index (Phi) is 4.82. The van der Waals surface area contributed by atoms with Gasteiger partial charge < -0.3 is 10.5 Å². The number of hydrogen-bond acceptors (Lipinski definition) is 3. The SMILES string of the molecule is COC1(C(N)CCc2cccs2)CCC(C)CC1. The van der Waals surface area contributed by atoms with Crippen molar-refractivity contribution in [3.63, 3.8) is 0 Å². The lowest BCUT2D eigenvalue weighted by molar-refractivity contribution is -0.0675. The van der Waals surface area contributed by atoms with Crippen LogP contribution in [0.5, 0.6) is 0 Å². The Morgan fingerprint density at radius 1 is 1.50 bits per heavy atom. The first-order chi connectivity index (χ1) is 8.66. The maximum atomic E-state index is 6.44. The highest BCUT2D eigenvalue weighted by molar-refractivity contribution is 7.09. The first kappa shape index (κ1) is 14.0. The largest absolute Gasteiger partial charge is 0.377 e. The van der Waals surface area contributed by atoms with Gasteiger partial charge in [-0.3, -0.25) is 0 Å². The number of hydrogen-bond donors (Lipinski definition) is 1. The second kappa shape index (κ2) is 6.18. The highest BCUT2D eigenvalue weighted by Crippen LogP contribution is 2.37. The molecular weight excluding hydrogens is 242 g/mol. The standard InChI is InChI=1S/C15H25NOS/c1-12-7-9-15(17-2,10-8-12)14(16)6-5-13-4-3-11-18-13/h3-4,11-12,14H,5-10,16H2,1-2H3. The van der Waals surface area contributed by atoms with Crippen LogP contribution in [0.2, 0.25) is 0 Å². The molecular formula is C15H25NOS. The highest BCUT2D eigenvalue weighted by atomic mass is 32.1. The van der Waals surface area contributed by atoms with Crippen LogP contribution >= 0.6 is 11.3 Å². The van der Waals surface area contributed by atoms with E-state index >= 15 is 0 Å². The lowest BCUT2D eigenvalue weighted by atomic mass is 9.74. The molecule has 0 aliphatic heterocycles. The van der Waals surface area contributed by atoms with E-state index in [0.717, 1.165) is 31.6 Å². The van der Waals surface area contributed by atoms with Gasteiger partial charge in [0.1, 0.15) is 0 Å². The summed E-state index contributed by atoms with van der Waals surface area (Å²) in [6.45, 7) is 2.33. The molecule has 1 heterocycles. The number of nitrogens with two attached hydrogens (primary N) is 1. The van der Waals surface area contributed by atoms with Crippen LogP contribution in [-0.2, 0) is 11.2 Å². The monoisotopic (exact) mass is 267 g/mol. The van der Waals surface area contributed by atoms with Gasteiger partial charge in [-0.1, -0.05) is 13.0 Å². The molecule has 102 valence electrons. The van der Waals surface area contributed by atoms with Crippen LogP contribution in [0.25, 0.3) is 0 Å². The van der Waals surface area contributed by atoms with Crippen molar-refractivity contribution in [2.45, 2.75) is 57.1 Å². The van der Waals surface area contributed by atoms with Gasteiger partial charge in [-0.2, -0.15) is 0 Å². The Morgan fingerprint density at radius 2 is 2.22 bits per heavy atom. The molecule has 1 aliphatic rings. The van der Waals surface area contributed by atoms with Crippen molar-refractivity contribution in [3.05, 3.63) is 22.4 Å². The van der Waals surface area contributed by atoms with E-state index in [9.17, 15) is 0 Å². The third kappa shape index (κ3) is 3.14. The summed E-state index contributed by atoms with van der Waals surface area (Å²) in [5.74, 6) is 0.831. The third-order valence-electron chi connectivity index (χ3n) is 4.48. The van der Waals surface area contributed by atoms with Crippen molar-refractivity contribution in [1.29, 1.82) is 0 Å². The van der Waals surface area contributed by atoms with Crippen LogP contribution in [-0.4, -0.2) is 18.8 Å². The Bertz CT molecular complexity index is 341. The molecule has 0 spiro atoms. The summed E-state index contributed by atoms with van der Waals surface area (Å²) >= 11 is 1.82. The molecule has 1 aromatic heterocycles. The maximum absolute atomic E-state index is 6.44. The van der Waals surface area contributed by atoms with Crippen LogP contribution in [0.3, 0.4) is 0 Å². The average molecular weight is 267 g/mol. The average Bonchev–Trinajstić information content (AvgIpc) is 2.90. The van der Waals surface area contributed by atoms with E-state index in [4.69, 9.17) is 10.5 Å². The Hall–Kier alpha value is -0.380. The summed E-state index contributed by atoms with van der Waals surface area (Å²) in [4.78, 5) is 1.43. The van der Waals surface area contributed by atoms with Crippen molar-refractivity contribution >= 4 is 11.3 Å². The van der Waals surface area contributed by atoms with E-state index in [1.54, 1.807) is 0 Å². The molecule has 0 bridgehead atoms. The summed E-state index contributed by atoms with van der Waals surface area (Å²) in [5, 5.41) is 2.13. The molecule has 1 unspecified atom stereocenters. The molecule has 1 saturated carbocycles. The fourth-order valence-corrected chi connectivity index (χ4v) is 3.72. The van der Waals surface area contributed by atoms with Crippen molar-refractivity contribution in [3.8, 4) is 0 Å². The number of aryl methyl sites for hydroxylation is 1. The van der Waals surface area contributed by atoms with E-state index in [1.807, 2.05) is 18.4 Å². The number of thiophene rings is 1. The van der Waals surface area contributed by atoms with E-state index < -0.39 is 0 Å². The Morgan fingerprint density at radius 3 is 2.78 bits per heavy atom. The number of methoxy groups -OCH3 is 1. The molecule has 3 heteroatoms. The van der Waals surface area contributed by atoms with E-state index in [0.29, 0.717) is 0 Å². The van der Waals surface area contributed by atoms with Gasteiger partial charge in [0, 0.05) is 18.0 Å². The molecule has 0 aromatic carbocycles. The van der Waals surface area contributed by atoms with Gasteiger partial charge in [0.25, 0.3) is 0 Å². The van der Waals surface area contributed by atoms with Crippen molar-refractivity contribution < 1.29 is 4.74 Å². The predicted octanol–water partition coefficient (Wildman–Crippen LogP) is 3.60. The van der Waals surface area contributed by atoms with Crippen LogP contribution < -0.4 is 5.73 Å². The van der Waals surface area contributed by atoms with E-state index in [1.165, 1.54) is 17.7 Å². The molecule has 1 aromatic rings. The van der Waals surface area contributed by atoms with Crippen LogP contribution in [0, 0.1) is 5.92 Å². The molecule has 0 radical (unpaired) electrons. The highest BCUT2D eigenvalue weighted by Gasteiger charge is 2.39. The topological polar surface area (TPSA) is 35.2 Å². The van der Waals surface area contributed by atoms with E-state index in [-0.39, 0.29) is 11.6 Å². The third-order valence-corrected chi connectivity index (χ3v) is 5.42. The van der Waals surface area contributed by atoms with Crippen LogP contribution in [0.1, 0.15) is 43.9 Å². The summed E-state index contributed by atoms with van der Waals surface area (Å²) in [7, 11) is 1.83. The second-order valence-corrected chi connectivity index (χ2v) is 6.71. The molecule has 2 nitrogen and oxygen atoms in total. The van der Waals surface area contributed by atoms with Crippen molar-refractivity contribution in [2.75, 3.05) is 7.11 Å². The molecule has 0 amide bonds. The van der Waals surface area contributed by atoms with Crippen LogP contribution in [0.4, 0.5) is 0 Å². The van der Waals surface area contributed by atoms with Crippen LogP contribution in [0.15, 0.2) is 17.5 Å². The fourth-order valence-electron chi connectivity index (χ4n) is 2.99. The molecule has 18 heavy (non-hydrogen) atoms. The summed E-state index contributed by atoms with van der Waals surface area (Å²) in [6, 6.07) is 4.47. The van der Waals surface area contributed by atoms with Gasteiger partial charge in [0.05, 0.1) is 5.60 Å². The first-order valence-corrected chi connectivity index (χ1v) is 7.87. The predicted molar refractivity (Wildman–Crippen MR) is 78.0 cm³/mol. The van der Waals surface area contributed by atoms with Gasteiger partial charge in [0.15, 0.2) is 0 Å². The van der Waals surface area contributed by atoms with Gasteiger partial charge in [-0.05, 0) is 55.9 Å². The van der Waals surface area contributed by atoms with Gasteiger partial charge in [0.2, 0.25) is 0 Å². The summed E-state index contributed by atoms with van der Waals surface area (Å²) in [6.07, 6.45) is 6.86. The number of ether oxygens (including phenoxy) is 1. The molecule has 2 N–H and O–H groups in total. The minimum atomic E-state index is -0.0657. The quantitative estimate of drug-likeness (QED) is 0.884. The maximum Gasteiger partial charge on any atom is 0.0829 e. The van der Waals surface area contributed by atoms with E-state index in [2.05, 4.69) is 24.4 Å². The Balaban J connectivity index is 1.90. The van der Waals surface area contributed by atoms with Gasteiger partial charge in [-0.25, -0.2) is 0 Å². The summed E-state index contributed by atoms with van der Waals surface area (Å²) < 4.78 is 5.84. The smallest absolute Gasteiger partial charge is 0.0829 e. The molecule has 1 fully saturated rings. The van der Waals surface area contributed by atoms with Crippen molar-refractivity contribution in [1.82, 2.24) is 0 Å². The van der Waals surface area contributed by atoms with Gasteiger partial charge in [-0.15, -0.1) is 11.3 Å². The zero-order chi connectivity index (χ0) is 13.0. The molecule has 0 saturated heterocycles. The minimum Gasteiger partial charge on any atom is -0.377 e. The minimum absolute atomic E-state index is 0.0657. The lowest BCUT2D eigenvalue weighted by Gasteiger charge is -2.42. The normalized spacial score (nSPS) is 30.3. The summed E-state index contributed by atoms with van der Waals surface area (Å²) in [5.41, 5.74) is 6.37. The lowest BCUT2D eigenvalue weighted by Crippen LogP contribution is -2.51. The molecule has 1 atom stereocenters. The molecule has 2 rings (SSSR count). The first-order valence-electron chi connectivity index (χ1n) is 6.99. The zero-order valence-electron chi connectivity index (χ0n) is 11.5. The fraction of sp³-hybridized carbons (Fsp3) is 0.733. The second-order valence-electron chi connectivity index (χ2n) is 5.68. The van der Waals surface area contributed by atoms with Crippen molar-refractivity contribution in [2.24, 2.45) is 11.7 Å².